The normalized spacial score (nSPS) is 10.1. The van der Waals surface area contributed by atoms with Crippen LogP contribution in [0, 0.1) is 0 Å². The van der Waals surface area contributed by atoms with E-state index in [1.54, 1.807) is 12.3 Å². The van der Waals surface area contributed by atoms with Crippen LogP contribution in [0.15, 0.2) is 47.1 Å². The van der Waals surface area contributed by atoms with Crippen LogP contribution in [0.1, 0.15) is 18.2 Å². The van der Waals surface area contributed by atoms with Gasteiger partial charge in [-0.3, -0.25) is 0 Å². The van der Waals surface area contributed by atoms with E-state index in [4.69, 9.17) is 4.42 Å². The molecule has 0 aliphatic rings. The van der Waals surface area contributed by atoms with Crippen molar-refractivity contribution in [1.82, 2.24) is 5.32 Å². The maximum Gasteiger partial charge on any atom is 0.319 e. The van der Waals surface area contributed by atoms with E-state index in [-0.39, 0.29) is 6.03 Å². The first kappa shape index (κ1) is 12.2. The fourth-order valence-corrected chi connectivity index (χ4v) is 1.62. The highest BCUT2D eigenvalue weighted by molar-refractivity contribution is 5.89. The molecule has 0 radical (unpaired) electrons. The Morgan fingerprint density at radius 2 is 2.17 bits per heavy atom. The fourth-order valence-electron chi connectivity index (χ4n) is 1.62. The predicted molar refractivity (Wildman–Crippen MR) is 70.4 cm³/mol. The lowest BCUT2D eigenvalue weighted by Crippen LogP contribution is -2.28. The number of aryl methyl sites for hydroxylation is 1. The second-order valence-corrected chi connectivity index (χ2v) is 3.94. The molecule has 4 nitrogen and oxygen atoms in total. The van der Waals surface area contributed by atoms with Gasteiger partial charge in [0, 0.05) is 5.69 Å². The van der Waals surface area contributed by atoms with Gasteiger partial charge in [-0.25, -0.2) is 4.79 Å². The lowest BCUT2D eigenvalue weighted by Gasteiger charge is -2.07. The summed E-state index contributed by atoms with van der Waals surface area (Å²) in [6.45, 7) is 2.46. The van der Waals surface area contributed by atoms with Gasteiger partial charge in [-0.05, 0) is 36.2 Å². The fraction of sp³-hybridized carbons (Fsp3) is 0.214. The molecule has 0 bridgehead atoms. The standard InChI is InChI=1S/C14H16N2O2/c1-2-11-5-3-6-12(9-11)16-14(17)15-10-13-7-4-8-18-13/h3-9H,2,10H2,1H3,(H2,15,16,17). The van der Waals surface area contributed by atoms with Crippen molar-refractivity contribution in [3.63, 3.8) is 0 Å². The molecule has 94 valence electrons. The monoisotopic (exact) mass is 244 g/mol. The Labute approximate surface area is 106 Å². The van der Waals surface area contributed by atoms with Crippen LogP contribution in [-0.2, 0) is 13.0 Å². The maximum atomic E-state index is 11.6. The minimum absolute atomic E-state index is 0.236. The number of hydrogen-bond acceptors (Lipinski definition) is 2. The number of furan rings is 1. The molecule has 0 aliphatic heterocycles. The van der Waals surface area contributed by atoms with E-state index in [1.165, 1.54) is 5.56 Å². The Morgan fingerprint density at radius 3 is 2.89 bits per heavy atom. The molecule has 1 aromatic heterocycles. The van der Waals surface area contributed by atoms with Crippen molar-refractivity contribution in [3.05, 3.63) is 54.0 Å². The van der Waals surface area contributed by atoms with Crippen molar-refractivity contribution in [2.75, 3.05) is 5.32 Å². The summed E-state index contributed by atoms with van der Waals surface area (Å²) < 4.78 is 5.13. The van der Waals surface area contributed by atoms with Crippen molar-refractivity contribution in [1.29, 1.82) is 0 Å². The second-order valence-electron chi connectivity index (χ2n) is 3.94. The molecule has 0 fully saturated rings. The molecule has 0 aliphatic carbocycles. The number of rotatable bonds is 4. The smallest absolute Gasteiger partial charge is 0.319 e. The number of carbonyl (C=O) groups excluding carboxylic acids is 1. The summed E-state index contributed by atoms with van der Waals surface area (Å²) >= 11 is 0. The third-order valence-corrected chi connectivity index (χ3v) is 2.60. The van der Waals surface area contributed by atoms with Crippen LogP contribution in [-0.4, -0.2) is 6.03 Å². The minimum Gasteiger partial charge on any atom is -0.467 e. The molecule has 18 heavy (non-hydrogen) atoms. The molecule has 0 spiro atoms. The quantitative estimate of drug-likeness (QED) is 0.868. The van der Waals surface area contributed by atoms with E-state index < -0.39 is 0 Å². The molecule has 2 N–H and O–H groups in total. The van der Waals surface area contributed by atoms with Crippen molar-refractivity contribution in [3.8, 4) is 0 Å². The van der Waals surface area contributed by atoms with Crippen LogP contribution in [0.25, 0.3) is 0 Å². The molecule has 0 atom stereocenters. The minimum atomic E-state index is -0.236. The first-order valence-corrected chi connectivity index (χ1v) is 5.94. The van der Waals surface area contributed by atoms with Crippen molar-refractivity contribution in [2.24, 2.45) is 0 Å². The molecule has 0 saturated heterocycles. The van der Waals surface area contributed by atoms with Gasteiger partial charge in [-0.15, -0.1) is 0 Å². The number of amides is 2. The lowest BCUT2D eigenvalue weighted by atomic mass is 10.1. The van der Waals surface area contributed by atoms with Gasteiger partial charge in [0.2, 0.25) is 0 Å². The van der Waals surface area contributed by atoms with Gasteiger partial charge >= 0.3 is 6.03 Å². The molecule has 0 saturated carbocycles. The highest BCUT2D eigenvalue weighted by Crippen LogP contribution is 2.10. The first-order valence-electron chi connectivity index (χ1n) is 5.94. The molecule has 4 heteroatoms. The Balaban J connectivity index is 1.86. The van der Waals surface area contributed by atoms with Gasteiger partial charge in [0.25, 0.3) is 0 Å². The van der Waals surface area contributed by atoms with Gasteiger partial charge < -0.3 is 15.1 Å². The van der Waals surface area contributed by atoms with Gasteiger partial charge in [0.15, 0.2) is 0 Å². The van der Waals surface area contributed by atoms with E-state index in [9.17, 15) is 4.79 Å². The van der Waals surface area contributed by atoms with Crippen molar-refractivity contribution >= 4 is 11.7 Å². The highest BCUT2D eigenvalue weighted by atomic mass is 16.3. The lowest BCUT2D eigenvalue weighted by molar-refractivity contribution is 0.251. The molecule has 1 aromatic carbocycles. The molecule has 0 unspecified atom stereocenters. The largest absolute Gasteiger partial charge is 0.467 e. The van der Waals surface area contributed by atoms with Crippen LogP contribution in [0.5, 0.6) is 0 Å². The van der Waals surface area contributed by atoms with E-state index in [0.29, 0.717) is 6.54 Å². The Kier molecular flexibility index (Phi) is 4.02. The first-order chi connectivity index (χ1) is 8.78. The average Bonchev–Trinajstić information content (AvgIpc) is 2.90. The van der Waals surface area contributed by atoms with Gasteiger partial charge in [-0.1, -0.05) is 19.1 Å². The number of nitrogens with one attached hydrogen (secondary N) is 2. The highest BCUT2D eigenvalue weighted by Gasteiger charge is 2.03. The molecule has 2 aromatic rings. The number of hydrogen-bond donors (Lipinski definition) is 2. The number of benzene rings is 1. The zero-order valence-electron chi connectivity index (χ0n) is 10.3. The third kappa shape index (κ3) is 3.38. The van der Waals surface area contributed by atoms with Crippen LogP contribution < -0.4 is 10.6 Å². The van der Waals surface area contributed by atoms with Crippen LogP contribution in [0.3, 0.4) is 0 Å². The Bertz CT molecular complexity index is 506. The number of urea groups is 1. The summed E-state index contributed by atoms with van der Waals surface area (Å²) in [6.07, 6.45) is 2.53. The maximum absolute atomic E-state index is 11.6. The Hall–Kier alpha value is -2.23. The van der Waals surface area contributed by atoms with E-state index in [2.05, 4.69) is 17.6 Å². The van der Waals surface area contributed by atoms with Gasteiger partial charge in [0.05, 0.1) is 12.8 Å². The van der Waals surface area contributed by atoms with Crippen LogP contribution in [0.2, 0.25) is 0 Å². The van der Waals surface area contributed by atoms with Crippen LogP contribution >= 0.6 is 0 Å². The zero-order valence-corrected chi connectivity index (χ0v) is 10.3. The third-order valence-electron chi connectivity index (χ3n) is 2.60. The van der Waals surface area contributed by atoms with Crippen LogP contribution in [0.4, 0.5) is 10.5 Å². The summed E-state index contributed by atoms with van der Waals surface area (Å²) in [5, 5.41) is 5.51. The molecular formula is C14H16N2O2. The molecule has 2 amide bonds. The summed E-state index contributed by atoms with van der Waals surface area (Å²) in [5.41, 5.74) is 1.99. The topological polar surface area (TPSA) is 54.3 Å². The van der Waals surface area contributed by atoms with Gasteiger partial charge in [-0.2, -0.15) is 0 Å². The number of carbonyl (C=O) groups is 1. The van der Waals surface area contributed by atoms with Crippen molar-refractivity contribution < 1.29 is 9.21 Å². The molecular weight excluding hydrogens is 228 g/mol. The average molecular weight is 244 g/mol. The zero-order chi connectivity index (χ0) is 12.8. The summed E-state index contributed by atoms with van der Waals surface area (Å²) in [7, 11) is 0. The summed E-state index contributed by atoms with van der Waals surface area (Å²) in [4.78, 5) is 11.6. The molecule has 1 heterocycles. The second kappa shape index (κ2) is 5.91. The SMILES string of the molecule is CCc1cccc(NC(=O)NCc2ccco2)c1. The van der Waals surface area contributed by atoms with Gasteiger partial charge in [0.1, 0.15) is 5.76 Å². The number of anilines is 1. The summed E-state index contributed by atoms with van der Waals surface area (Å²) in [6, 6.07) is 11.2. The van der Waals surface area contributed by atoms with E-state index >= 15 is 0 Å². The predicted octanol–water partition coefficient (Wildman–Crippen LogP) is 3.16. The van der Waals surface area contributed by atoms with E-state index in [1.807, 2.05) is 30.3 Å². The van der Waals surface area contributed by atoms with E-state index in [0.717, 1.165) is 17.9 Å². The summed E-state index contributed by atoms with van der Waals surface area (Å²) in [5.74, 6) is 0.729. The molecule has 2 rings (SSSR count). The Morgan fingerprint density at radius 1 is 1.28 bits per heavy atom. The van der Waals surface area contributed by atoms with Crippen molar-refractivity contribution in [2.45, 2.75) is 19.9 Å².